The van der Waals surface area contributed by atoms with Crippen LogP contribution in [0.1, 0.15) is 4.88 Å². The average Bonchev–Trinajstić information content (AvgIpc) is 3.15. The molecule has 0 bridgehead atoms. The minimum absolute atomic E-state index is 0.560. The summed E-state index contributed by atoms with van der Waals surface area (Å²) in [4.78, 5) is 8.48. The number of fused-ring (bicyclic) bond motifs is 1. The molecule has 116 valence electrons. The third-order valence-corrected chi connectivity index (χ3v) is 4.97. The van der Waals surface area contributed by atoms with Crippen LogP contribution < -0.4 is 5.73 Å². The Bertz CT molecular complexity index is 1050. The summed E-state index contributed by atoms with van der Waals surface area (Å²) < 4.78 is 0. The number of hydrogen-bond acceptors (Lipinski definition) is 4. The van der Waals surface area contributed by atoms with Gasteiger partial charge in [0.2, 0.25) is 0 Å². The summed E-state index contributed by atoms with van der Waals surface area (Å²) in [7, 11) is 0. The Balaban J connectivity index is 2.00. The summed E-state index contributed by atoms with van der Waals surface area (Å²) in [6.45, 7) is 0. The molecule has 0 aliphatic heterocycles. The molecule has 0 spiro atoms. The van der Waals surface area contributed by atoms with Crippen molar-refractivity contribution in [3.05, 3.63) is 58.4 Å². The van der Waals surface area contributed by atoms with Crippen LogP contribution in [0.2, 0.25) is 5.02 Å². The highest BCUT2D eigenvalue weighted by atomic mass is 35.5. The molecule has 0 atom stereocenters. The molecule has 2 heterocycles. The number of halogens is 1. The number of nitrogen functional groups attached to an aromatic ring is 1. The first kappa shape index (κ1) is 14.8. The van der Waals surface area contributed by atoms with Gasteiger partial charge in [0.25, 0.3) is 0 Å². The number of aromatic amines is 1. The van der Waals surface area contributed by atoms with Crippen molar-refractivity contribution in [3.8, 4) is 28.6 Å². The molecule has 6 heteroatoms. The Labute approximate surface area is 147 Å². The molecule has 0 fully saturated rings. The molecule has 0 radical (unpaired) electrons. The molecule has 4 rings (SSSR count). The number of nitrogens with one attached hydrogen (secondary N) is 1. The molecule has 0 aliphatic carbocycles. The Kier molecular flexibility index (Phi) is 3.49. The minimum atomic E-state index is 0.560. The van der Waals surface area contributed by atoms with Crippen LogP contribution in [-0.2, 0) is 0 Å². The van der Waals surface area contributed by atoms with Gasteiger partial charge < -0.3 is 10.7 Å². The van der Waals surface area contributed by atoms with Crippen LogP contribution in [0.25, 0.3) is 33.5 Å². The van der Waals surface area contributed by atoms with Gasteiger partial charge in [0, 0.05) is 10.6 Å². The fourth-order valence-electron chi connectivity index (χ4n) is 2.73. The van der Waals surface area contributed by atoms with E-state index in [1.807, 2.05) is 36.4 Å². The summed E-state index contributed by atoms with van der Waals surface area (Å²) in [5, 5.41) is 10.7. The predicted molar refractivity (Wildman–Crippen MR) is 99.0 cm³/mol. The number of thiophene rings is 1. The normalized spacial score (nSPS) is 10.8. The Morgan fingerprint density at radius 2 is 1.83 bits per heavy atom. The van der Waals surface area contributed by atoms with Crippen molar-refractivity contribution in [2.45, 2.75) is 0 Å². The number of benzene rings is 2. The smallest absolute Gasteiger partial charge is 0.142 e. The molecule has 2 aromatic carbocycles. The number of hydrogen-bond donors (Lipinski definition) is 2. The van der Waals surface area contributed by atoms with Crippen LogP contribution in [0.15, 0.2) is 48.5 Å². The van der Waals surface area contributed by atoms with Gasteiger partial charge >= 0.3 is 0 Å². The maximum Gasteiger partial charge on any atom is 0.142 e. The lowest BCUT2D eigenvalue weighted by atomic mass is 10.0. The lowest BCUT2D eigenvalue weighted by Gasteiger charge is -2.04. The zero-order chi connectivity index (χ0) is 16.7. The molecule has 0 saturated heterocycles. The number of nitrogens with two attached hydrogens (primary N) is 1. The zero-order valence-electron chi connectivity index (χ0n) is 12.4. The molecule has 2 aromatic heterocycles. The molecule has 4 nitrogen and oxygen atoms in total. The van der Waals surface area contributed by atoms with E-state index in [-0.39, 0.29) is 0 Å². The van der Waals surface area contributed by atoms with E-state index in [9.17, 15) is 5.26 Å². The minimum Gasteiger partial charge on any atom is -0.390 e. The summed E-state index contributed by atoms with van der Waals surface area (Å²) in [6, 6.07) is 17.4. The number of aromatic nitrogens is 2. The van der Waals surface area contributed by atoms with Gasteiger partial charge in [-0.3, -0.25) is 0 Å². The Morgan fingerprint density at radius 3 is 2.54 bits per heavy atom. The molecule has 0 aliphatic rings. The van der Waals surface area contributed by atoms with Crippen molar-refractivity contribution in [1.82, 2.24) is 9.97 Å². The van der Waals surface area contributed by atoms with Gasteiger partial charge in [0.1, 0.15) is 16.8 Å². The third-order valence-electron chi connectivity index (χ3n) is 3.80. The summed E-state index contributed by atoms with van der Waals surface area (Å²) in [5.41, 5.74) is 10.4. The van der Waals surface area contributed by atoms with Gasteiger partial charge in [0.05, 0.1) is 21.6 Å². The molecule has 0 saturated carbocycles. The highest BCUT2D eigenvalue weighted by Crippen LogP contribution is 2.44. The second-order valence-corrected chi connectivity index (χ2v) is 6.76. The number of H-pyrrole nitrogens is 1. The Morgan fingerprint density at radius 1 is 1.08 bits per heavy atom. The first-order valence-corrected chi connectivity index (χ1v) is 8.40. The van der Waals surface area contributed by atoms with Crippen LogP contribution in [0, 0.1) is 11.3 Å². The molecule has 0 unspecified atom stereocenters. The summed E-state index contributed by atoms with van der Waals surface area (Å²) in [5.74, 6) is 0.663. The highest BCUT2D eigenvalue weighted by molar-refractivity contribution is 7.17. The molecular weight excluding hydrogens is 340 g/mol. The first-order valence-electron chi connectivity index (χ1n) is 7.21. The fourth-order valence-corrected chi connectivity index (χ4v) is 3.74. The molecule has 24 heavy (non-hydrogen) atoms. The van der Waals surface area contributed by atoms with Crippen molar-refractivity contribution in [2.24, 2.45) is 0 Å². The predicted octanol–water partition coefficient (Wildman–Crippen LogP) is 5.07. The molecule has 4 aromatic rings. The zero-order valence-corrected chi connectivity index (χ0v) is 13.9. The summed E-state index contributed by atoms with van der Waals surface area (Å²) in [6.07, 6.45) is 0. The van der Waals surface area contributed by atoms with Crippen LogP contribution in [-0.4, -0.2) is 9.97 Å². The van der Waals surface area contributed by atoms with Crippen LogP contribution >= 0.6 is 22.9 Å². The topological polar surface area (TPSA) is 78.5 Å². The van der Waals surface area contributed by atoms with Crippen LogP contribution in [0.4, 0.5) is 5.00 Å². The van der Waals surface area contributed by atoms with Crippen molar-refractivity contribution < 1.29 is 0 Å². The SMILES string of the molecule is N#Cc1sc(N)c(-c2nc3ccccc3[nH]2)c1-c1ccc(Cl)cc1. The second kappa shape index (κ2) is 5.68. The van der Waals surface area contributed by atoms with Gasteiger partial charge in [-0.2, -0.15) is 5.26 Å². The van der Waals surface area contributed by atoms with E-state index >= 15 is 0 Å². The van der Waals surface area contributed by atoms with Crippen molar-refractivity contribution in [3.63, 3.8) is 0 Å². The van der Waals surface area contributed by atoms with Crippen LogP contribution in [0.5, 0.6) is 0 Å². The number of rotatable bonds is 2. The maximum atomic E-state index is 9.51. The van der Waals surface area contributed by atoms with Gasteiger partial charge in [-0.15, -0.1) is 11.3 Å². The standard InChI is InChI=1S/C18H11ClN4S/c19-11-7-5-10(6-8-11)15-14(9-20)24-17(21)16(15)18-22-12-3-1-2-4-13(12)23-18/h1-8H,21H2,(H,22,23). The number of para-hydroxylation sites is 2. The van der Waals surface area contributed by atoms with Crippen molar-refractivity contribution in [1.29, 1.82) is 5.26 Å². The maximum absolute atomic E-state index is 9.51. The lowest BCUT2D eigenvalue weighted by Crippen LogP contribution is -1.89. The van der Waals surface area contributed by atoms with Crippen LogP contribution in [0.3, 0.4) is 0 Å². The lowest BCUT2D eigenvalue weighted by molar-refractivity contribution is 1.34. The number of nitriles is 1. The van der Waals surface area contributed by atoms with Crippen molar-refractivity contribution >= 4 is 39.0 Å². The second-order valence-electron chi connectivity index (χ2n) is 5.27. The molecule has 0 amide bonds. The van der Waals surface area contributed by atoms with E-state index in [2.05, 4.69) is 16.0 Å². The highest BCUT2D eigenvalue weighted by Gasteiger charge is 2.22. The van der Waals surface area contributed by atoms with E-state index < -0.39 is 0 Å². The van der Waals surface area contributed by atoms with E-state index in [1.54, 1.807) is 12.1 Å². The average molecular weight is 351 g/mol. The third kappa shape index (κ3) is 2.33. The van der Waals surface area contributed by atoms with E-state index in [0.29, 0.717) is 20.7 Å². The summed E-state index contributed by atoms with van der Waals surface area (Å²) >= 11 is 7.25. The van der Waals surface area contributed by atoms with E-state index in [1.165, 1.54) is 11.3 Å². The number of anilines is 1. The first-order chi connectivity index (χ1) is 11.7. The fraction of sp³-hybridized carbons (Fsp3) is 0. The monoisotopic (exact) mass is 350 g/mol. The van der Waals surface area contributed by atoms with Gasteiger partial charge in [-0.25, -0.2) is 4.98 Å². The number of imidazole rings is 1. The van der Waals surface area contributed by atoms with Crippen molar-refractivity contribution in [2.75, 3.05) is 5.73 Å². The largest absolute Gasteiger partial charge is 0.390 e. The van der Waals surface area contributed by atoms with Gasteiger partial charge in [-0.05, 0) is 29.8 Å². The van der Waals surface area contributed by atoms with E-state index in [4.69, 9.17) is 17.3 Å². The molecular formula is C18H11ClN4S. The number of nitrogens with zero attached hydrogens (tertiary/aromatic N) is 2. The molecule has 3 N–H and O–H groups in total. The Hall–Kier alpha value is -2.81. The quantitative estimate of drug-likeness (QED) is 0.530. The van der Waals surface area contributed by atoms with Gasteiger partial charge in [-0.1, -0.05) is 35.9 Å². The van der Waals surface area contributed by atoms with E-state index in [0.717, 1.165) is 27.7 Å². The van der Waals surface area contributed by atoms with Gasteiger partial charge in [0.15, 0.2) is 0 Å².